The number of nitrogens with one attached hydrogen (secondary N) is 1. The summed E-state index contributed by atoms with van der Waals surface area (Å²) in [5.41, 5.74) is 3.33. The molecule has 3 nitrogen and oxygen atoms in total. The van der Waals surface area contributed by atoms with E-state index in [0.29, 0.717) is 0 Å². The van der Waals surface area contributed by atoms with Gasteiger partial charge in [0.2, 0.25) is 0 Å². The van der Waals surface area contributed by atoms with Gasteiger partial charge in [-0.1, -0.05) is 41.4 Å². The lowest BCUT2D eigenvalue weighted by atomic mass is 10.0. The third kappa shape index (κ3) is 2.70. The van der Waals surface area contributed by atoms with Crippen molar-refractivity contribution in [2.24, 2.45) is 0 Å². The van der Waals surface area contributed by atoms with Crippen LogP contribution in [0, 0.1) is 0 Å². The standard InChI is InChI=1S/C14H16BrN3/c1-3-4-12-13(17-9-18-14(12)16-2)10-5-7-11(15)8-6-10/h5-9H,3-4H2,1-2H3,(H,16,17,18). The van der Waals surface area contributed by atoms with Crippen molar-refractivity contribution in [2.75, 3.05) is 12.4 Å². The Morgan fingerprint density at radius 1 is 1.17 bits per heavy atom. The Hall–Kier alpha value is -1.42. The Bertz CT molecular complexity index is 523. The van der Waals surface area contributed by atoms with Crippen LogP contribution in [0.2, 0.25) is 0 Å². The van der Waals surface area contributed by atoms with Gasteiger partial charge in [-0.3, -0.25) is 0 Å². The van der Waals surface area contributed by atoms with E-state index in [0.717, 1.165) is 34.4 Å². The molecule has 2 aromatic rings. The van der Waals surface area contributed by atoms with Crippen molar-refractivity contribution >= 4 is 21.7 Å². The zero-order chi connectivity index (χ0) is 13.0. The maximum atomic E-state index is 4.44. The van der Waals surface area contributed by atoms with E-state index in [1.807, 2.05) is 19.2 Å². The summed E-state index contributed by atoms with van der Waals surface area (Å²) in [6.07, 6.45) is 3.66. The third-order valence-corrected chi connectivity index (χ3v) is 3.33. The van der Waals surface area contributed by atoms with E-state index in [1.54, 1.807) is 6.33 Å². The number of halogens is 1. The molecule has 1 N–H and O–H groups in total. The minimum atomic E-state index is 0.921. The van der Waals surface area contributed by atoms with Gasteiger partial charge in [-0.05, 0) is 18.6 Å². The molecule has 0 amide bonds. The molecule has 0 atom stereocenters. The fourth-order valence-electron chi connectivity index (χ4n) is 1.97. The van der Waals surface area contributed by atoms with Gasteiger partial charge < -0.3 is 5.32 Å². The van der Waals surface area contributed by atoms with Crippen LogP contribution in [-0.4, -0.2) is 17.0 Å². The number of hydrogen-bond acceptors (Lipinski definition) is 3. The molecule has 18 heavy (non-hydrogen) atoms. The summed E-state index contributed by atoms with van der Waals surface area (Å²) in [4.78, 5) is 8.73. The van der Waals surface area contributed by atoms with Crippen LogP contribution in [0.1, 0.15) is 18.9 Å². The van der Waals surface area contributed by atoms with Crippen molar-refractivity contribution in [2.45, 2.75) is 19.8 Å². The van der Waals surface area contributed by atoms with Gasteiger partial charge in [0.1, 0.15) is 12.1 Å². The summed E-state index contributed by atoms with van der Waals surface area (Å²) in [7, 11) is 1.90. The van der Waals surface area contributed by atoms with E-state index in [1.165, 1.54) is 5.56 Å². The first-order chi connectivity index (χ1) is 8.76. The fraction of sp³-hybridized carbons (Fsp3) is 0.286. The summed E-state index contributed by atoms with van der Waals surface area (Å²) in [5, 5.41) is 3.14. The van der Waals surface area contributed by atoms with Crippen LogP contribution < -0.4 is 5.32 Å². The zero-order valence-electron chi connectivity index (χ0n) is 10.6. The van der Waals surface area contributed by atoms with E-state index >= 15 is 0 Å². The monoisotopic (exact) mass is 305 g/mol. The Balaban J connectivity index is 2.52. The molecule has 2 rings (SSSR count). The largest absolute Gasteiger partial charge is 0.373 e. The molecule has 4 heteroatoms. The summed E-state index contributed by atoms with van der Waals surface area (Å²) in [6, 6.07) is 8.22. The number of rotatable bonds is 4. The molecule has 0 spiro atoms. The van der Waals surface area contributed by atoms with Gasteiger partial charge in [-0.15, -0.1) is 0 Å². The van der Waals surface area contributed by atoms with Crippen molar-refractivity contribution in [3.63, 3.8) is 0 Å². The Morgan fingerprint density at radius 3 is 2.50 bits per heavy atom. The molecule has 1 heterocycles. The van der Waals surface area contributed by atoms with Crippen LogP contribution in [0.4, 0.5) is 5.82 Å². The molecule has 0 radical (unpaired) electrons. The highest BCUT2D eigenvalue weighted by molar-refractivity contribution is 9.10. The average molecular weight is 306 g/mol. The van der Waals surface area contributed by atoms with Crippen molar-refractivity contribution in [3.8, 4) is 11.3 Å². The lowest BCUT2D eigenvalue weighted by Gasteiger charge is -2.12. The number of anilines is 1. The van der Waals surface area contributed by atoms with Crippen molar-refractivity contribution in [1.82, 2.24) is 9.97 Å². The lowest BCUT2D eigenvalue weighted by molar-refractivity contribution is 0.906. The Kier molecular flexibility index (Phi) is 4.31. The summed E-state index contributed by atoms with van der Waals surface area (Å²) in [5.74, 6) is 0.921. The molecule has 0 saturated heterocycles. The summed E-state index contributed by atoms with van der Waals surface area (Å²) < 4.78 is 1.08. The van der Waals surface area contributed by atoms with Crippen LogP contribution in [0.25, 0.3) is 11.3 Å². The Labute approximate surface area is 116 Å². The SMILES string of the molecule is CCCc1c(NC)ncnc1-c1ccc(Br)cc1. The maximum absolute atomic E-state index is 4.44. The molecule has 0 unspecified atom stereocenters. The first kappa shape index (κ1) is 13.0. The number of hydrogen-bond donors (Lipinski definition) is 1. The Morgan fingerprint density at radius 2 is 1.89 bits per heavy atom. The first-order valence-electron chi connectivity index (χ1n) is 6.03. The molecular formula is C14H16BrN3. The van der Waals surface area contributed by atoms with E-state index in [4.69, 9.17) is 0 Å². The first-order valence-corrected chi connectivity index (χ1v) is 6.83. The van der Waals surface area contributed by atoms with Crippen LogP contribution in [0.15, 0.2) is 35.1 Å². The van der Waals surface area contributed by atoms with Crippen LogP contribution >= 0.6 is 15.9 Å². The second-order valence-electron chi connectivity index (χ2n) is 4.06. The van der Waals surface area contributed by atoms with Gasteiger partial charge in [0.25, 0.3) is 0 Å². The average Bonchev–Trinajstić information content (AvgIpc) is 2.40. The molecule has 0 saturated carbocycles. The van der Waals surface area contributed by atoms with Gasteiger partial charge in [-0.2, -0.15) is 0 Å². The smallest absolute Gasteiger partial charge is 0.132 e. The number of nitrogens with zero attached hydrogens (tertiary/aromatic N) is 2. The zero-order valence-corrected chi connectivity index (χ0v) is 12.2. The minimum absolute atomic E-state index is 0.921. The molecule has 0 bridgehead atoms. The predicted molar refractivity (Wildman–Crippen MR) is 78.7 cm³/mol. The second kappa shape index (κ2) is 5.96. The molecule has 0 aliphatic carbocycles. The number of aromatic nitrogens is 2. The summed E-state index contributed by atoms with van der Waals surface area (Å²) >= 11 is 3.45. The summed E-state index contributed by atoms with van der Waals surface area (Å²) in [6.45, 7) is 2.16. The minimum Gasteiger partial charge on any atom is -0.373 e. The van der Waals surface area contributed by atoms with E-state index in [-0.39, 0.29) is 0 Å². The molecule has 1 aromatic heterocycles. The molecular weight excluding hydrogens is 290 g/mol. The molecule has 0 fully saturated rings. The second-order valence-corrected chi connectivity index (χ2v) is 4.97. The van der Waals surface area contributed by atoms with Gasteiger partial charge in [0, 0.05) is 22.6 Å². The van der Waals surface area contributed by atoms with Crippen molar-refractivity contribution in [1.29, 1.82) is 0 Å². The van der Waals surface area contributed by atoms with Crippen LogP contribution in [0.3, 0.4) is 0 Å². The molecule has 0 aliphatic rings. The van der Waals surface area contributed by atoms with Crippen molar-refractivity contribution in [3.05, 3.63) is 40.6 Å². The highest BCUT2D eigenvalue weighted by Gasteiger charge is 2.11. The fourth-order valence-corrected chi connectivity index (χ4v) is 2.24. The molecule has 0 aliphatic heterocycles. The third-order valence-electron chi connectivity index (χ3n) is 2.80. The maximum Gasteiger partial charge on any atom is 0.132 e. The highest BCUT2D eigenvalue weighted by Crippen LogP contribution is 2.27. The van der Waals surface area contributed by atoms with Crippen LogP contribution in [-0.2, 0) is 6.42 Å². The molecule has 1 aromatic carbocycles. The van der Waals surface area contributed by atoms with Gasteiger partial charge in [0.15, 0.2) is 0 Å². The predicted octanol–water partition coefficient (Wildman–Crippen LogP) is 3.90. The van der Waals surface area contributed by atoms with Crippen molar-refractivity contribution < 1.29 is 0 Å². The van der Waals surface area contributed by atoms with E-state index < -0.39 is 0 Å². The van der Waals surface area contributed by atoms with Gasteiger partial charge >= 0.3 is 0 Å². The normalized spacial score (nSPS) is 10.4. The quantitative estimate of drug-likeness (QED) is 0.931. The van der Waals surface area contributed by atoms with Gasteiger partial charge in [-0.25, -0.2) is 9.97 Å². The lowest BCUT2D eigenvalue weighted by Crippen LogP contribution is -2.02. The topological polar surface area (TPSA) is 37.8 Å². The number of benzene rings is 1. The molecule has 94 valence electrons. The highest BCUT2D eigenvalue weighted by atomic mass is 79.9. The van der Waals surface area contributed by atoms with E-state index in [2.05, 4.69) is 50.3 Å². The van der Waals surface area contributed by atoms with Gasteiger partial charge in [0.05, 0.1) is 5.69 Å². The van der Waals surface area contributed by atoms with E-state index in [9.17, 15) is 0 Å². The van der Waals surface area contributed by atoms with Crippen LogP contribution in [0.5, 0.6) is 0 Å².